The van der Waals surface area contributed by atoms with Crippen molar-refractivity contribution in [3.05, 3.63) is 42.2 Å². The van der Waals surface area contributed by atoms with E-state index in [1.165, 1.54) is 32.1 Å². The van der Waals surface area contributed by atoms with Crippen LogP contribution in [0.25, 0.3) is 10.2 Å². The van der Waals surface area contributed by atoms with Crippen LogP contribution in [0.15, 0.2) is 36.5 Å². The van der Waals surface area contributed by atoms with E-state index in [9.17, 15) is 0 Å². The largest absolute Gasteiger partial charge is 0.457 e. The molecule has 1 fully saturated rings. The molecule has 1 aliphatic rings. The summed E-state index contributed by atoms with van der Waals surface area (Å²) < 4.78 is 6.97. The second-order valence-corrected chi connectivity index (χ2v) is 8.10. The predicted octanol–water partition coefficient (Wildman–Crippen LogP) is 5.74. The maximum absolute atomic E-state index is 8.96. The zero-order chi connectivity index (χ0) is 18.6. The van der Waals surface area contributed by atoms with Crippen LogP contribution in [-0.4, -0.2) is 16.0 Å². The molecule has 27 heavy (non-hydrogen) atoms. The topological polar surface area (TPSA) is 70.8 Å². The van der Waals surface area contributed by atoms with E-state index in [0.717, 1.165) is 27.0 Å². The van der Waals surface area contributed by atoms with Crippen LogP contribution in [0.4, 0.5) is 5.13 Å². The Morgan fingerprint density at radius 1 is 1.19 bits per heavy atom. The molecular formula is C21H22N4OS. The minimum absolute atomic E-state index is 0.342. The number of ether oxygens (including phenoxy) is 1. The standard InChI is InChI=1S/C21H22N4OS/c1-14(15-5-3-2-4-6-15)24-21-25-19-8-7-17(12-20(19)27-21)26-18-9-10-23-16(11-18)13-22/h7-12,14-15H,2-6H2,1H3,(H,24,25)/t14-/m0/s1. The van der Waals surface area contributed by atoms with Crippen molar-refractivity contribution in [3.63, 3.8) is 0 Å². The Morgan fingerprint density at radius 3 is 2.81 bits per heavy atom. The van der Waals surface area contributed by atoms with Gasteiger partial charge in [0, 0.05) is 24.4 Å². The number of anilines is 1. The van der Waals surface area contributed by atoms with Crippen molar-refractivity contribution < 1.29 is 4.74 Å². The monoisotopic (exact) mass is 378 g/mol. The molecule has 138 valence electrons. The van der Waals surface area contributed by atoms with E-state index in [0.29, 0.717) is 17.5 Å². The Kier molecular flexibility index (Phi) is 5.21. The van der Waals surface area contributed by atoms with Crippen molar-refractivity contribution in [2.75, 3.05) is 5.32 Å². The molecule has 2 heterocycles. The van der Waals surface area contributed by atoms with E-state index in [1.807, 2.05) is 24.3 Å². The SMILES string of the molecule is C[C@H](Nc1nc2ccc(Oc3ccnc(C#N)c3)cc2s1)C1CCCCC1. The number of nitriles is 1. The molecule has 0 aliphatic heterocycles. The van der Waals surface area contributed by atoms with Crippen molar-refractivity contribution >= 4 is 26.7 Å². The van der Waals surface area contributed by atoms with Crippen LogP contribution in [0.3, 0.4) is 0 Å². The molecule has 3 aromatic rings. The number of hydrogen-bond acceptors (Lipinski definition) is 6. The van der Waals surface area contributed by atoms with Crippen molar-refractivity contribution in [1.29, 1.82) is 5.26 Å². The smallest absolute Gasteiger partial charge is 0.184 e. The predicted molar refractivity (Wildman–Crippen MR) is 108 cm³/mol. The van der Waals surface area contributed by atoms with Crippen molar-refractivity contribution in [1.82, 2.24) is 9.97 Å². The fraction of sp³-hybridized carbons (Fsp3) is 0.381. The highest BCUT2D eigenvalue weighted by molar-refractivity contribution is 7.22. The van der Waals surface area contributed by atoms with Crippen molar-refractivity contribution in [3.8, 4) is 17.6 Å². The first-order valence-corrected chi connectivity index (χ1v) is 10.2. The molecule has 0 saturated heterocycles. The number of nitrogens with zero attached hydrogens (tertiary/aromatic N) is 3. The lowest BCUT2D eigenvalue weighted by Gasteiger charge is -2.28. The summed E-state index contributed by atoms with van der Waals surface area (Å²) in [5, 5.41) is 13.5. The van der Waals surface area contributed by atoms with Gasteiger partial charge in [-0.3, -0.25) is 0 Å². The van der Waals surface area contributed by atoms with Crippen LogP contribution in [0.1, 0.15) is 44.7 Å². The van der Waals surface area contributed by atoms with Gasteiger partial charge in [0.15, 0.2) is 5.13 Å². The number of benzene rings is 1. The number of aromatic nitrogens is 2. The average molecular weight is 379 g/mol. The number of hydrogen-bond donors (Lipinski definition) is 1. The summed E-state index contributed by atoms with van der Waals surface area (Å²) in [7, 11) is 0. The van der Waals surface area contributed by atoms with Crippen LogP contribution in [0, 0.1) is 17.2 Å². The van der Waals surface area contributed by atoms with Gasteiger partial charge in [0.1, 0.15) is 23.3 Å². The molecule has 1 aliphatic carbocycles. The van der Waals surface area contributed by atoms with Crippen LogP contribution in [0.2, 0.25) is 0 Å². The van der Waals surface area contributed by atoms with Gasteiger partial charge < -0.3 is 10.1 Å². The number of thiazole rings is 1. The quantitative estimate of drug-likeness (QED) is 0.613. The number of fused-ring (bicyclic) bond motifs is 1. The van der Waals surface area contributed by atoms with Crippen molar-refractivity contribution in [2.24, 2.45) is 5.92 Å². The first kappa shape index (κ1) is 17.7. The first-order chi connectivity index (χ1) is 13.2. The second kappa shape index (κ2) is 7.93. The van der Waals surface area contributed by atoms with E-state index in [-0.39, 0.29) is 0 Å². The number of nitrogens with one attached hydrogen (secondary N) is 1. The van der Waals surface area contributed by atoms with Gasteiger partial charge in [-0.15, -0.1) is 0 Å². The van der Waals surface area contributed by atoms with E-state index in [2.05, 4.69) is 17.2 Å². The highest BCUT2D eigenvalue weighted by Crippen LogP contribution is 2.33. The van der Waals surface area contributed by atoms with Gasteiger partial charge in [-0.1, -0.05) is 30.6 Å². The minimum Gasteiger partial charge on any atom is -0.457 e. The number of rotatable bonds is 5. The van der Waals surface area contributed by atoms with Crippen LogP contribution in [0.5, 0.6) is 11.5 Å². The van der Waals surface area contributed by atoms with E-state index in [1.54, 1.807) is 29.7 Å². The molecule has 0 unspecified atom stereocenters. The Labute approximate surface area is 163 Å². The lowest BCUT2D eigenvalue weighted by atomic mass is 9.85. The molecule has 1 saturated carbocycles. The van der Waals surface area contributed by atoms with Gasteiger partial charge in [0.25, 0.3) is 0 Å². The maximum atomic E-state index is 8.96. The molecule has 0 spiro atoms. The summed E-state index contributed by atoms with van der Waals surface area (Å²) in [6.45, 7) is 2.27. The van der Waals surface area contributed by atoms with Gasteiger partial charge in [-0.25, -0.2) is 9.97 Å². The number of pyridine rings is 1. The Hall–Kier alpha value is -2.65. The lowest BCUT2D eigenvalue weighted by Crippen LogP contribution is -2.27. The normalized spacial score (nSPS) is 16.0. The third-order valence-corrected chi connectivity index (χ3v) is 6.10. The summed E-state index contributed by atoms with van der Waals surface area (Å²) in [6, 6.07) is 11.7. The Bertz CT molecular complexity index is 972. The fourth-order valence-electron chi connectivity index (χ4n) is 3.65. The highest BCUT2D eigenvalue weighted by atomic mass is 32.1. The molecule has 6 heteroatoms. The minimum atomic E-state index is 0.342. The van der Waals surface area contributed by atoms with Crippen LogP contribution < -0.4 is 10.1 Å². The van der Waals surface area contributed by atoms with Gasteiger partial charge in [0.2, 0.25) is 0 Å². The molecule has 1 atom stereocenters. The lowest BCUT2D eigenvalue weighted by molar-refractivity contribution is 0.328. The molecule has 0 radical (unpaired) electrons. The Balaban J connectivity index is 1.48. The summed E-state index contributed by atoms with van der Waals surface area (Å²) in [6.07, 6.45) is 8.27. The van der Waals surface area contributed by atoms with Gasteiger partial charge >= 0.3 is 0 Å². The molecule has 4 rings (SSSR count). The highest BCUT2D eigenvalue weighted by Gasteiger charge is 2.20. The summed E-state index contributed by atoms with van der Waals surface area (Å²) in [4.78, 5) is 8.68. The van der Waals surface area contributed by atoms with E-state index >= 15 is 0 Å². The molecule has 2 aromatic heterocycles. The van der Waals surface area contributed by atoms with E-state index in [4.69, 9.17) is 15.0 Å². The maximum Gasteiger partial charge on any atom is 0.184 e. The van der Waals surface area contributed by atoms with E-state index < -0.39 is 0 Å². The second-order valence-electron chi connectivity index (χ2n) is 7.07. The zero-order valence-corrected chi connectivity index (χ0v) is 16.1. The van der Waals surface area contributed by atoms with Crippen molar-refractivity contribution in [2.45, 2.75) is 45.1 Å². The third-order valence-electron chi connectivity index (χ3n) is 5.15. The molecule has 0 amide bonds. The Morgan fingerprint density at radius 2 is 2.00 bits per heavy atom. The zero-order valence-electron chi connectivity index (χ0n) is 15.3. The van der Waals surface area contributed by atoms with Gasteiger partial charge in [-0.2, -0.15) is 5.26 Å². The molecular weight excluding hydrogens is 356 g/mol. The summed E-state index contributed by atoms with van der Waals surface area (Å²) in [5.74, 6) is 2.08. The molecule has 0 bridgehead atoms. The summed E-state index contributed by atoms with van der Waals surface area (Å²) in [5.41, 5.74) is 1.31. The third kappa shape index (κ3) is 4.20. The van der Waals surface area contributed by atoms with Crippen LogP contribution in [-0.2, 0) is 0 Å². The fourth-order valence-corrected chi connectivity index (χ4v) is 4.64. The molecule has 1 aromatic carbocycles. The van der Waals surface area contributed by atoms with Gasteiger partial charge in [-0.05, 0) is 43.9 Å². The molecule has 1 N–H and O–H groups in total. The van der Waals surface area contributed by atoms with Gasteiger partial charge in [0.05, 0.1) is 10.2 Å². The summed E-state index contributed by atoms with van der Waals surface area (Å²) >= 11 is 1.66. The average Bonchev–Trinajstić information content (AvgIpc) is 3.10. The first-order valence-electron chi connectivity index (χ1n) is 9.42. The van der Waals surface area contributed by atoms with Crippen LogP contribution >= 0.6 is 11.3 Å². The molecule has 5 nitrogen and oxygen atoms in total.